The lowest BCUT2D eigenvalue weighted by atomic mass is 9.61. The lowest BCUT2D eigenvalue weighted by molar-refractivity contribution is -0.120. The predicted octanol–water partition coefficient (Wildman–Crippen LogP) is 5.55. The van der Waals surface area contributed by atoms with Crippen LogP contribution in [0.3, 0.4) is 0 Å². The lowest BCUT2D eigenvalue weighted by Gasteiger charge is -2.42. The molecule has 1 heterocycles. The highest BCUT2D eigenvalue weighted by molar-refractivity contribution is 5.82. The summed E-state index contributed by atoms with van der Waals surface area (Å²) in [5.74, 6) is 0.279. The zero-order valence-electron chi connectivity index (χ0n) is 16.7. The molecule has 0 aliphatic heterocycles. The lowest BCUT2D eigenvalue weighted by Crippen LogP contribution is -2.37. The highest BCUT2D eigenvalue weighted by Gasteiger charge is 2.40. The molecular formula is C26H24N2O. The fourth-order valence-corrected chi connectivity index (χ4v) is 4.28. The molecule has 0 amide bonds. The maximum atomic E-state index is 12.9. The number of hydrogen-bond donors (Lipinski definition) is 0. The van der Waals surface area contributed by atoms with Crippen LogP contribution in [0.4, 0.5) is 0 Å². The standard InChI is InChI=1S/C26H24N2O/c1-19-15-23(11-14-28-19)22-7-3-20(4-8-22)16-25(29)17-26(12-2-13-26)24-9-5-21(18-27)6-10-24/h3-11,14-15H,2,12-13,16-17H2,1H3. The summed E-state index contributed by atoms with van der Waals surface area (Å²) in [7, 11) is 0. The summed E-state index contributed by atoms with van der Waals surface area (Å²) in [4.78, 5) is 17.1. The fraction of sp³-hybridized carbons (Fsp3) is 0.269. The number of Topliss-reactive ketones (excluding diaryl/α,β-unsaturated/α-hetero) is 1. The third-order valence-electron chi connectivity index (χ3n) is 6.06. The van der Waals surface area contributed by atoms with Gasteiger partial charge in [0.05, 0.1) is 11.6 Å². The normalized spacial score (nSPS) is 14.6. The molecule has 3 nitrogen and oxygen atoms in total. The minimum atomic E-state index is -0.0421. The zero-order chi connectivity index (χ0) is 20.3. The van der Waals surface area contributed by atoms with E-state index in [4.69, 9.17) is 5.26 Å². The minimum Gasteiger partial charge on any atom is -0.299 e. The van der Waals surface area contributed by atoms with Gasteiger partial charge in [-0.15, -0.1) is 0 Å². The largest absolute Gasteiger partial charge is 0.299 e. The van der Waals surface area contributed by atoms with Crippen LogP contribution in [0.2, 0.25) is 0 Å². The first-order valence-corrected chi connectivity index (χ1v) is 10.1. The Morgan fingerprint density at radius 2 is 1.76 bits per heavy atom. The van der Waals surface area contributed by atoms with E-state index in [2.05, 4.69) is 41.4 Å². The average molecular weight is 380 g/mol. The Morgan fingerprint density at radius 3 is 2.34 bits per heavy atom. The topological polar surface area (TPSA) is 53.8 Å². The maximum Gasteiger partial charge on any atom is 0.138 e. The smallest absolute Gasteiger partial charge is 0.138 e. The summed E-state index contributed by atoms with van der Waals surface area (Å²) in [6.45, 7) is 1.99. The van der Waals surface area contributed by atoms with Crippen LogP contribution in [0.15, 0.2) is 66.9 Å². The third kappa shape index (κ3) is 4.12. The molecule has 0 radical (unpaired) electrons. The summed E-state index contributed by atoms with van der Waals surface area (Å²) in [5, 5.41) is 9.01. The van der Waals surface area contributed by atoms with E-state index in [-0.39, 0.29) is 11.2 Å². The fourth-order valence-electron chi connectivity index (χ4n) is 4.28. The van der Waals surface area contributed by atoms with Gasteiger partial charge >= 0.3 is 0 Å². The molecule has 3 aromatic rings. The van der Waals surface area contributed by atoms with Gasteiger partial charge in [-0.1, -0.05) is 42.8 Å². The first kappa shape index (κ1) is 19.1. The summed E-state index contributed by atoms with van der Waals surface area (Å²) >= 11 is 0. The van der Waals surface area contributed by atoms with E-state index in [0.29, 0.717) is 18.4 Å². The van der Waals surface area contributed by atoms with Crippen LogP contribution in [0.1, 0.15) is 48.1 Å². The second-order valence-corrected chi connectivity index (χ2v) is 8.10. The van der Waals surface area contributed by atoms with Crippen molar-refractivity contribution in [3.8, 4) is 17.2 Å². The van der Waals surface area contributed by atoms with Crippen LogP contribution in [-0.2, 0) is 16.6 Å². The summed E-state index contributed by atoms with van der Waals surface area (Å²) in [5.41, 5.74) is 6.15. The molecule has 1 aliphatic carbocycles. The number of benzene rings is 2. The predicted molar refractivity (Wildman–Crippen MR) is 114 cm³/mol. The van der Waals surface area contributed by atoms with Crippen LogP contribution in [-0.4, -0.2) is 10.8 Å². The first-order valence-electron chi connectivity index (χ1n) is 10.1. The molecule has 0 spiro atoms. The Morgan fingerprint density at radius 1 is 1.03 bits per heavy atom. The van der Waals surface area contributed by atoms with Gasteiger partial charge in [-0.25, -0.2) is 0 Å². The van der Waals surface area contributed by atoms with Crippen LogP contribution in [0.25, 0.3) is 11.1 Å². The number of carbonyl (C=O) groups is 1. The molecule has 0 atom stereocenters. The number of aromatic nitrogens is 1. The molecule has 1 aliphatic rings. The number of rotatable bonds is 6. The van der Waals surface area contributed by atoms with E-state index in [1.807, 2.05) is 43.5 Å². The Bertz CT molecular complexity index is 1060. The zero-order valence-corrected chi connectivity index (χ0v) is 16.7. The molecule has 29 heavy (non-hydrogen) atoms. The Labute approximate surface area is 172 Å². The second-order valence-electron chi connectivity index (χ2n) is 8.10. The summed E-state index contributed by atoms with van der Waals surface area (Å²) < 4.78 is 0. The van der Waals surface area contributed by atoms with Gasteiger partial charge in [0.25, 0.3) is 0 Å². The molecule has 144 valence electrons. The van der Waals surface area contributed by atoms with Gasteiger partial charge in [0, 0.05) is 30.1 Å². The third-order valence-corrected chi connectivity index (χ3v) is 6.06. The van der Waals surface area contributed by atoms with E-state index in [1.54, 1.807) is 0 Å². The average Bonchev–Trinajstić information content (AvgIpc) is 2.71. The van der Waals surface area contributed by atoms with E-state index >= 15 is 0 Å². The molecule has 0 bridgehead atoms. The minimum absolute atomic E-state index is 0.0421. The van der Waals surface area contributed by atoms with Gasteiger partial charge in [-0.05, 0) is 66.3 Å². The molecular weight excluding hydrogens is 356 g/mol. The summed E-state index contributed by atoms with van der Waals surface area (Å²) in [6.07, 6.45) is 6.12. The van der Waals surface area contributed by atoms with Crippen molar-refractivity contribution in [3.63, 3.8) is 0 Å². The molecule has 1 aromatic heterocycles. The van der Waals surface area contributed by atoms with Gasteiger partial charge in [0.1, 0.15) is 5.78 Å². The van der Waals surface area contributed by atoms with Crippen LogP contribution >= 0.6 is 0 Å². The molecule has 4 rings (SSSR count). The Hall–Kier alpha value is -3.25. The first-order chi connectivity index (χ1) is 14.1. The van der Waals surface area contributed by atoms with Gasteiger partial charge in [-0.3, -0.25) is 9.78 Å². The van der Waals surface area contributed by atoms with Crippen molar-refractivity contribution in [1.82, 2.24) is 4.98 Å². The molecule has 2 aromatic carbocycles. The van der Waals surface area contributed by atoms with Gasteiger partial charge in [0.15, 0.2) is 0 Å². The monoisotopic (exact) mass is 380 g/mol. The van der Waals surface area contributed by atoms with Gasteiger partial charge in [0.2, 0.25) is 0 Å². The van der Waals surface area contributed by atoms with E-state index < -0.39 is 0 Å². The van der Waals surface area contributed by atoms with Crippen molar-refractivity contribution in [3.05, 3.63) is 89.2 Å². The maximum absolute atomic E-state index is 12.9. The number of carbonyl (C=O) groups excluding carboxylic acids is 1. The Balaban J connectivity index is 1.44. The van der Waals surface area contributed by atoms with Crippen molar-refractivity contribution in [1.29, 1.82) is 5.26 Å². The number of aryl methyl sites for hydroxylation is 1. The summed E-state index contributed by atoms with van der Waals surface area (Å²) in [6, 6.07) is 22.3. The molecule has 1 fully saturated rings. The SMILES string of the molecule is Cc1cc(-c2ccc(CC(=O)CC3(c4ccc(C#N)cc4)CCC3)cc2)ccn1. The van der Waals surface area contributed by atoms with Crippen molar-refractivity contribution < 1.29 is 4.79 Å². The molecule has 0 unspecified atom stereocenters. The number of nitriles is 1. The van der Waals surface area contributed by atoms with Crippen LogP contribution in [0, 0.1) is 18.3 Å². The number of pyridine rings is 1. The number of hydrogen-bond acceptors (Lipinski definition) is 3. The van der Waals surface area contributed by atoms with Crippen molar-refractivity contribution in [2.75, 3.05) is 0 Å². The molecule has 1 saturated carbocycles. The molecule has 3 heteroatoms. The quantitative estimate of drug-likeness (QED) is 0.563. The highest BCUT2D eigenvalue weighted by Crippen LogP contribution is 2.46. The van der Waals surface area contributed by atoms with Crippen molar-refractivity contribution >= 4 is 5.78 Å². The highest BCUT2D eigenvalue weighted by atomic mass is 16.1. The second kappa shape index (κ2) is 8.01. The van der Waals surface area contributed by atoms with Crippen molar-refractivity contribution in [2.24, 2.45) is 0 Å². The van der Waals surface area contributed by atoms with E-state index in [1.165, 1.54) is 5.56 Å². The van der Waals surface area contributed by atoms with Crippen molar-refractivity contribution in [2.45, 2.75) is 44.4 Å². The van der Waals surface area contributed by atoms with E-state index in [9.17, 15) is 4.79 Å². The van der Waals surface area contributed by atoms with Gasteiger partial charge < -0.3 is 0 Å². The van der Waals surface area contributed by atoms with Crippen LogP contribution < -0.4 is 0 Å². The molecule has 0 N–H and O–H groups in total. The number of nitrogens with zero attached hydrogens (tertiary/aromatic N) is 2. The Kier molecular flexibility index (Phi) is 5.27. The number of ketones is 1. The van der Waals surface area contributed by atoms with Gasteiger partial charge in [-0.2, -0.15) is 5.26 Å². The van der Waals surface area contributed by atoms with Crippen LogP contribution in [0.5, 0.6) is 0 Å². The molecule has 0 saturated heterocycles. The van der Waals surface area contributed by atoms with E-state index in [0.717, 1.165) is 41.6 Å².